The second kappa shape index (κ2) is 7.23. The van der Waals surface area contributed by atoms with Gasteiger partial charge in [0.1, 0.15) is 22.8 Å². The number of Topliss-reactive ketones (excluding diaryl/α,β-unsaturated/α-hetero) is 1. The average Bonchev–Trinajstić information content (AvgIpc) is 2.70. The van der Waals surface area contributed by atoms with Gasteiger partial charge in [0.25, 0.3) is 0 Å². The number of benzene rings is 2. The summed E-state index contributed by atoms with van der Waals surface area (Å²) < 4.78 is 28.2. The zero-order valence-electron chi connectivity index (χ0n) is 17.7. The number of ether oxygens (including phenoxy) is 5. The number of hydrogen-bond donors (Lipinski definition) is 0. The van der Waals surface area contributed by atoms with Crippen LogP contribution in [0, 0.1) is 0 Å². The lowest BCUT2D eigenvalue weighted by Crippen LogP contribution is -2.37. The lowest BCUT2D eigenvalue weighted by atomic mass is 9.81. The summed E-state index contributed by atoms with van der Waals surface area (Å²) in [7, 11) is 4.64. The first-order valence-corrected chi connectivity index (χ1v) is 9.67. The van der Waals surface area contributed by atoms with Crippen LogP contribution in [0.5, 0.6) is 28.7 Å². The Hall–Kier alpha value is -3.22. The van der Waals surface area contributed by atoms with E-state index >= 15 is 0 Å². The summed E-state index contributed by atoms with van der Waals surface area (Å²) in [4.78, 5) is 25.2. The van der Waals surface area contributed by atoms with Crippen molar-refractivity contribution in [2.75, 3.05) is 21.3 Å². The Kier molecular flexibility index (Phi) is 4.84. The minimum atomic E-state index is -0.660. The largest absolute Gasteiger partial charge is 0.496 e. The molecule has 30 heavy (non-hydrogen) atoms. The number of carbonyl (C=O) groups excluding carboxylic acids is 2. The monoisotopic (exact) mass is 412 g/mol. The van der Waals surface area contributed by atoms with E-state index in [0.717, 1.165) is 5.56 Å². The zero-order chi connectivity index (χ0) is 21.6. The Bertz CT molecular complexity index is 1040. The van der Waals surface area contributed by atoms with Crippen LogP contribution in [0.1, 0.15) is 54.1 Å². The van der Waals surface area contributed by atoms with Crippen LogP contribution in [0.25, 0.3) is 0 Å². The summed E-state index contributed by atoms with van der Waals surface area (Å²) in [6.45, 7) is 3.74. The molecule has 0 amide bonds. The molecular weight excluding hydrogens is 388 g/mol. The molecule has 2 heterocycles. The van der Waals surface area contributed by atoms with Crippen molar-refractivity contribution in [3.8, 4) is 28.7 Å². The first kappa shape index (κ1) is 20.1. The van der Waals surface area contributed by atoms with Crippen LogP contribution in [0.15, 0.2) is 24.3 Å². The maximum absolute atomic E-state index is 12.8. The van der Waals surface area contributed by atoms with Crippen molar-refractivity contribution < 1.29 is 33.3 Å². The van der Waals surface area contributed by atoms with Crippen LogP contribution in [-0.2, 0) is 4.79 Å². The highest BCUT2D eigenvalue weighted by molar-refractivity contribution is 6.01. The Morgan fingerprint density at radius 1 is 0.967 bits per heavy atom. The molecule has 0 spiro atoms. The fraction of sp³-hybridized carbons (Fsp3) is 0.391. The van der Waals surface area contributed by atoms with Gasteiger partial charge in [-0.25, -0.2) is 0 Å². The predicted molar refractivity (Wildman–Crippen MR) is 108 cm³/mol. The molecule has 0 fully saturated rings. The maximum Gasteiger partial charge on any atom is 0.312 e. The van der Waals surface area contributed by atoms with Gasteiger partial charge in [-0.1, -0.05) is 0 Å². The van der Waals surface area contributed by atoms with E-state index in [0.29, 0.717) is 39.9 Å². The van der Waals surface area contributed by atoms with Gasteiger partial charge in [-0.15, -0.1) is 0 Å². The number of carbonyl (C=O) groups is 2. The predicted octanol–water partition coefficient (Wildman–Crippen LogP) is 3.90. The smallest absolute Gasteiger partial charge is 0.312 e. The lowest BCUT2D eigenvalue weighted by Gasteiger charge is -2.36. The van der Waals surface area contributed by atoms with E-state index < -0.39 is 11.5 Å². The van der Waals surface area contributed by atoms with Gasteiger partial charge in [0.2, 0.25) is 0 Å². The van der Waals surface area contributed by atoms with Crippen LogP contribution < -0.4 is 23.7 Å². The quantitative estimate of drug-likeness (QED) is 0.557. The molecule has 4 rings (SSSR count). The Balaban J connectivity index is 1.96. The van der Waals surface area contributed by atoms with Gasteiger partial charge in [-0.3, -0.25) is 9.59 Å². The van der Waals surface area contributed by atoms with E-state index in [1.54, 1.807) is 45.6 Å². The maximum atomic E-state index is 12.8. The Labute approximate surface area is 174 Å². The summed E-state index contributed by atoms with van der Waals surface area (Å²) in [5.41, 5.74) is 1.22. The molecule has 2 aliphatic rings. The Morgan fingerprint density at radius 3 is 2.30 bits per heavy atom. The van der Waals surface area contributed by atoms with Gasteiger partial charge in [-0.2, -0.15) is 0 Å². The Morgan fingerprint density at radius 2 is 1.63 bits per heavy atom. The van der Waals surface area contributed by atoms with Gasteiger partial charge < -0.3 is 23.7 Å². The van der Waals surface area contributed by atoms with Crippen molar-refractivity contribution in [3.05, 3.63) is 41.0 Å². The van der Waals surface area contributed by atoms with Crippen molar-refractivity contribution in [1.82, 2.24) is 0 Å². The highest BCUT2D eigenvalue weighted by Crippen LogP contribution is 2.51. The van der Waals surface area contributed by atoms with E-state index in [1.807, 2.05) is 13.8 Å². The summed E-state index contributed by atoms with van der Waals surface area (Å²) in [5.74, 6) is 1.60. The molecule has 0 bridgehead atoms. The number of hydrogen-bond acceptors (Lipinski definition) is 7. The normalized spacial score (nSPS) is 19.2. The minimum Gasteiger partial charge on any atom is -0.496 e. The zero-order valence-corrected chi connectivity index (χ0v) is 17.7. The van der Waals surface area contributed by atoms with Crippen molar-refractivity contribution in [2.45, 2.75) is 38.2 Å². The molecule has 7 nitrogen and oxygen atoms in total. The summed E-state index contributed by atoms with van der Waals surface area (Å²) >= 11 is 0. The van der Waals surface area contributed by atoms with Crippen LogP contribution >= 0.6 is 0 Å². The molecule has 0 N–H and O–H groups in total. The van der Waals surface area contributed by atoms with Gasteiger partial charge in [0.15, 0.2) is 17.3 Å². The van der Waals surface area contributed by atoms with E-state index in [9.17, 15) is 9.59 Å². The highest BCUT2D eigenvalue weighted by Gasteiger charge is 2.40. The molecule has 2 aromatic rings. The first-order chi connectivity index (χ1) is 14.3. The van der Waals surface area contributed by atoms with Crippen LogP contribution in [0.4, 0.5) is 0 Å². The fourth-order valence-electron chi connectivity index (χ4n) is 4.15. The molecule has 7 heteroatoms. The third-order valence-corrected chi connectivity index (χ3v) is 5.48. The average molecular weight is 412 g/mol. The molecule has 2 aromatic carbocycles. The summed E-state index contributed by atoms with van der Waals surface area (Å²) in [6.07, 6.45) is 0.357. The molecule has 0 aromatic heterocycles. The SMILES string of the molecule is COc1cc(OC)c([C@H]2CC(=O)Oc3ccc4c(c32)OC(C)(C)CC4=O)cc1OC. The molecular formula is C23H24O7. The number of rotatable bonds is 4. The standard InChI is InChI=1S/C23H24O7/c1-23(2)11-15(24)12-6-7-16-21(22(12)30-23)14(9-20(25)29-16)13-8-18(27-4)19(28-5)10-17(13)26-3/h6-8,10,14H,9,11H2,1-5H3/t14-/m1/s1. The number of esters is 1. The molecule has 0 unspecified atom stereocenters. The number of ketones is 1. The van der Waals surface area contributed by atoms with E-state index in [4.69, 9.17) is 23.7 Å². The lowest BCUT2D eigenvalue weighted by molar-refractivity contribution is -0.135. The molecule has 0 aliphatic carbocycles. The van der Waals surface area contributed by atoms with Crippen molar-refractivity contribution >= 4 is 11.8 Å². The molecule has 2 aliphatic heterocycles. The van der Waals surface area contributed by atoms with Gasteiger partial charge in [0.05, 0.1) is 39.7 Å². The van der Waals surface area contributed by atoms with E-state index in [1.165, 1.54) is 0 Å². The fourth-order valence-corrected chi connectivity index (χ4v) is 4.15. The topological polar surface area (TPSA) is 80.3 Å². The van der Waals surface area contributed by atoms with Gasteiger partial charge in [0, 0.05) is 23.1 Å². The summed E-state index contributed by atoms with van der Waals surface area (Å²) in [6, 6.07) is 6.83. The third kappa shape index (κ3) is 3.24. The van der Waals surface area contributed by atoms with Crippen molar-refractivity contribution in [2.24, 2.45) is 0 Å². The molecule has 0 saturated heterocycles. The van der Waals surface area contributed by atoms with Gasteiger partial charge in [-0.05, 0) is 32.0 Å². The molecule has 0 saturated carbocycles. The second-order valence-corrected chi connectivity index (χ2v) is 8.00. The van der Waals surface area contributed by atoms with Crippen LogP contribution in [0.2, 0.25) is 0 Å². The highest BCUT2D eigenvalue weighted by atomic mass is 16.5. The van der Waals surface area contributed by atoms with Crippen molar-refractivity contribution in [1.29, 1.82) is 0 Å². The minimum absolute atomic E-state index is 0.000948. The van der Waals surface area contributed by atoms with Crippen LogP contribution in [0.3, 0.4) is 0 Å². The van der Waals surface area contributed by atoms with Gasteiger partial charge >= 0.3 is 5.97 Å². The summed E-state index contributed by atoms with van der Waals surface area (Å²) in [5, 5.41) is 0. The number of fused-ring (bicyclic) bond motifs is 3. The van der Waals surface area contributed by atoms with Crippen LogP contribution in [-0.4, -0.2) is 38.7 Å². The number of methoxy groups -OCH3 is 3. The molecule has 0 radical (unpaired) electrons. The second-order valence-electron chi connectivity index (χ2n) is 8.00. The third-order valence-electron chi connectivity index (χ3n) is 5.48. The van der Waals surface area contributed by atoms with E-state index in [2.05, 4.69) is 0 Å². The first-order valence-electron chi connectivity index (χ1n) is 9.67. The molecule has 1 atom stereocenters. The molecule has 158 valence electrons. The van der Waals surface area contributed by atoms with E-state index in [-0.39, 0.29) is 24.6 Å². The van der Waals surface area contributed by atoms with Crippen molar-refractivity contribution in [3.63, 3.8) is 0 Å².